The van der Waals surface area contributed by atoms with E-state index in [4.69, 9.17) is 5.73 Å². The van der Waals surface area contributed by atoms with E-state index in [2.05, 4.69) is 12.0 Å². The van der Waals surface area contributed by atoms with Gasteiger partial charge in [0.05, 0.1) is 6.20 Å². The van der Waals surface area contributed by atoms with Crippen molar-refractivity contribution in [2.75, 3.05) is 0 Å². The molecule has 3 heteroatoms. The largest absolute Gasteiger partial charge is 0.321 e. The normalized spacial score (nSPS) is 35.7. The summed E-state index contributed by atoms with van der Waals surface area (Å²) in [7, 11) is 1.92. The Labute approximate surface area is 66.2 Å². The van der Waals surface area contributed by atoms with Gasteiger partial charge in [-0.3, -0.25) is 4.68 Å². The summed E-state index contributed by atoms with van der Waals surface area (Å²) in [5, 5.41) is 4.09. The number of aryl methyl sites for hydroxylation is 1. The van der Waals surface area contributed by atoms with Gasteiger partial charge in [-0.15, -0.1) is 0 Å². The van der Waals surface area contributed by atoms with Crippen molar-refractivity contribution in [3.63, 3.8) is 0 Å². The van der Waals surface area contributed by atoms with Crippen molar-refractivity contribution in [2.45, 2.75) is 18.9 Å². The smallest absolute Gasteiger partial charge is 0.0540 e. The Kier molecular flexibility index (Phi) is 1.16. The third-order valence-electron chi connectivity index (χ3n) is 2.61. The van der Waals surface area contributed by atoms with Gasteiger partial charge in [0.15, 0.2) is 0 Å². The zero-order valence-corrected chi connectivity index (χ0v) is 6.91. The number of hydrogen-bond acceptors (Lipinski definition) is 2. The lowest BCUT2D eigenvalue weighted by molar-refractivity contribution is 0.663. The first-order valence-corrected chi connectivity index (χ1v) is 3.91. The summed E-state index contributed by atoms with van der Waals surface area (Å²) in [6.07, 6.45) is 4.96. The zero-order valence-electron chi connectivity index (χ0n) is 6.91. The highest BCUT2D eigenvalue weighted by molar-refractivity contribution is 5.26. The first-order chi connectivity index (χ1) is 5.13. The maximum atomic E-state index is 6.07. The Balaban J connectivity index is 2.31. The van der Waals surface area contributed by atoms with Crippen LogP contribution in [0.4, 0.5) is 0 Å². The molecule has 0 aromatic carbocycles. The van der Waals surface area contributed by atoms with Gasteiger partial charge < -0.3 is 5.73 Å². The summed E-state index contributed by atoms with van der Waals surface area (Å²) in [6.45, 7) is 2.17. The number of aromatic nitrogens is 2. The summed E-state index contributed by atoms with van der Waals surface area (Å²) in [4.78, 5) is 0. The number of rotatable bonds is 1. The Morgan fingerprint density at radius 3 is 2.82 bits per heavy atom. The van der Waals surface area contributed by atoms with Crippen molar-refractivity contribution >= 4 is 0 Å². The van der Waals surface area contributed by atoms with Crippen LogP contribution in [0.25, 0.3) is 0 Å². The fourth-order valence-corrected chi connectivity index (χ4v) is 1.51. The molecule has 11 heavy (non-hydrogen) atoms. The van der Waals surface area contributed by atoms with Gasteiger partial charge in [0.25, 0.3) is 0 Å². The minimum atomic E-state index is -0.0612. The van der Waals surface area contributed by atoms with Gasteiger partial charge >= 0.3 is 0 Å². The number of nitrogens with zero attached hydrogens (tertiary/aromatic N) is 2. The monoisotopic (exact) mass is 151 g/mol. The van der Waals surface area contributed by atoms with Gasteiger partial charge in [-0.25, -0.2) is 0 Å². The molecule has 1 aliphatic rings. The highest BCUT2D eigenvalue weighted by atomic mass is 15.2. The Morgan fingerprint density at radius 2 is 2.45 bits per heavy atom. The van der Waals surface area contributed by atoms with Crippen molar-refractivity contribution in [3.05, 3.63) is 18.0 Å². The van der Waals surface area contributed by atoms with Crippen LogP contribution in [0.1, 0.15) is 18.9 Å². The molecule has 60 valence electrons. The Morgan fingerprint density at radius 1 is 1.82 bits per heavy atom. The third-order valence-corrected chi connectivity index (χ3v) is 2.61. The van der Waals surface area contributed by atoms with Gasteiger partial charge in [0.1, 0.15) is 0 Å². The zero-order chi connectivity index (χ0) is 8.06. The van der Waals surface area contributed by atoms with E-state index < -0.39 is 0 Å². The van der Waals surface area contributed by atoms with Crippen LogP contribution in [0.2, 0.25) is 0 Å². The van der Waals surface area contributed by atoms with Crippen LogP contribution in [-0.2, 0) is 12.6 Å². The van der Waals surface area contributed by atoms with Gasteiger partial charge in [0.2, 0.25) is 0 Å². The lowest BCUT2D eigenvalue weighted by Crippen LogP contribution is -2.20. The van der Waals surface area contributed by atoms with Gasteiger partial charge in [-0.05, 0) is 12.3 Å². The van der Waals surface area contributed by atoms with E-state index in [-0.39, 0.29) is 5.54 Å². The number of hydrogen-bond donors (Lipinski definition) is 1. The molecule has 1 aromatic rings. The SMILES string of the molecule is C[C@H]1C[C@]1(N)c1cnn(C)c1. The van der Waals surface area contributed by atoms with Crippen LogP contribution >= 0.6 is 0 Å². The van der Waals surface area contributed by atoms with E-state index in [1.165, 1.54) is 5.56 Å². The van der Waals surface area contributed by atoms with Gasteiger partial charge in [0, 0.05) is 24.3 Å². The minimum absolute atomic E-state index is 0.0612. The summed E-state index contributed by atoms with van der Waals surface area (Å²) in [5.41, 5.74) is 7.18. The summed E-state index contributed by atoms with van der Waals surface area (Å²) < 4.78 is 1.80. The third kappa shape index (κ3) is 0.878. The predicted octanol–water partition coefficient (Wildman–Crippen LogP) is 0.614. The summed E-state index contributed by atoms with van der Waals surface area (Å²) in [6, 6.07) is 0. The second-order valence-electron chi connectivity index (χ2n) is 3.55. The maximum absolute atomic E-state index is 6.07. The van der Waals surface area contributed by atoms with Crippen LogP contribution in [0, 0.1) is 5.92 Å². The van der Waals surface area contributed by atoms with E-state index in [0.717, 1.165) is 6.42 Å². The molecule has 1 fully saturated rings. The van der Waals surface area contributed by atoms with E-state index in [0.29, 0.717) is 5.92 Å². The van der Waals surface area contributed by atoms with Gasteiger partial charge in [-0.1, -0.05) is 6.92 Å². The molecule has 3 nitrogen and oxygen atoms in total. The van der Waals surface area contributed by atoms with Crippen molar-refractivity contribution in [1.29, 1.82) is 0 Å². The molecule has 1 saturated carbocycles. The molecule has 1 aliphatic carbocycles. The van der Waals surface area contributed by atoms with Crippen LogP contribution in [0.3, 0.4) is 0 Å². The fourth-order valence-electron chi connectivity index (χ4n) is 1.51. The molecule has 0 radical (unpaired) electrons. The lowest BCUT2D eigenvalue weighted by Gasteiger charge is -2.04. The van der Waals surface area contributed by atoms with Crippen LogP contribution < -0.4 is 5.73 Å². The summed E-state index contributed by atoms with van der Waals surface area (Å²) >= 11 is 0. The molecule has 2 N–H and O–H groups in total. The van der Waals surface area contributed by atoms with E-state index in [1.807, 2.05) is 19.4 Å². The number of nitrogens with two attached hydrogens (primary N) is 1. The Bertz CT molecular complexity index is 279. The van der Waals surface area contributed by atoms with Crippen molar-refractivity contribution in [1.82, 2.24) is 9.78 Å². The molecule has 0 spiro atoms. The molecule has 0 saturated heterocycles. The molecular weight excluding hydrogens is 138 g/mol. The van der Waals surface area contributed by atoms with E-state index in [9.17, 15) is 0 Å². The first kappa shape index (κ1) is 6.85. The molecule has 1 heterocycles. The van der Waals surface area contributed by atoms with E-state index >= 15 is 0 Å². The van der Waals surface area contributed by atoms with Crippen molar-refractivity contribution < 1.29 is 0 Å². The molecule has 2 rings (SSSR count). The lowest BCUT2D eigenvalue weighted by atomic mass is 10.1. The van der Waals surface area contributed by atoms with Crippen LogP contribution in [0.15, 0.2) is 12.4 Å². The minimum Gasteiger partial charge on any atom is -0.321 e. The molecule has 0 unspecified atom stereocenters. The topological polar surface area (TPSA) is 43.8 Å². The van der Waals surface area contributed by atoms with Gasteiger partial charge in [-0.2, -0.15) is 5.10 Å². The standard InChI is InChI=1S/C8H13N3/c1-6-3-8(6,9)7-4-10-11(2)5-7/h4-6H,3,9H2,1-2H3/t6-,8+/m0/s1. The fraction of sp³-hybridized carbons (Fsp3) is 0.625. The Hall–Kier alpha value is -0.830. The highest BCUT2D eigenvalue weighted by Crippen LogP contribution is 2.48. The first-order valence-electron chi connectivity index (χ1n) is 3.91. The molecule has 0 amide bonds. The summed E-state index contributed by atoms with van der Waals surface area (Å²) in [5.74, 6) is 0.617. The average molecular weight is 151 g/mol. The highest BCUT2D eigenvalue weighted by Gasteiger charge is 2.49. The molecule has 0 bridgehead atoms. The van der Waals surface area contributed by atoms with Crippen LogP contribution in [0.5, 0.6) is 0 Å². The molecular formula is C8H13N3. The van der Waals surface area contributed by atoms with Crippen molar-refractivity contribution in [2.24, 2.45) is 18.7 Å². The second kappa shape index (κ2) is 1.85. The predicted molar refractivity (Wildman–Crippen MR) is 42.9 cm³/mol. The maximum Gasteiger partial charge on any atom is 0.0540 e. The second-order valence-corrected chi connectivity index (χ2v) is 3.55. The molecule has 2 atom stereocenters. The average Bonchev–Trinajstić information content (AvgIpc) is 2.44. The molecule has 1 aromatic heterocycles. The molecule has 0 aliphatic heterocycles. The quantitative estimate of drug-likeness (QED) is 0.639. The van der Waals surface area contributed by atoms with E-state index in [1.54, 1.807) is 4.68 Å². The van der Waals surface area contributed by atoms with Crippen LogP contribution in [-0.4, -0.2) is 9.78 Å². The van der Waals surface area contributed by atoms with Crippen molar-refractivity contribution in [3.8, 4) is 0 Å².